The van der Waals surface area contributed by atoms with Crippen LogP contribution in [0.15, 0.2) is 53.7 Å². The Balaban J connectivity index is 1.35. The SMILES string of the molecule is CCc1cnc(N2CCC(COc3c(F)cc(-c4ccccc4)c(S(=O)(=O)CC4(C)COC4)c3F)CC2)nc1. The van der Waals surface area contributed by atoms with Gasteiger partial charge in [0.2, 0.25) is 5.95 Å². The van der Waals surface area contributed by atoms with Gasteiger partial charge in [-0.3, -0.25) is 0 Å². The Morgan fingerprint density at radius 3 is 2.36 bits per heavy atom. The summed E-state index contributed by atoms with van der Waals surface area (Å²) >= 11 is 0. The van der Waals surface area contributed by atoms with Gasteiger partial charge in [-0.2, -0.15) is 0 Å². The molecule has 0 unspecified atom stereocenters. The molecular weight excluding hydrogens is 524 g/mol. The molecule has 5 rings (SSSR count). The summed E-state index contributed by atoms with van der Waals surface area (Å²) in [6.07, 6.45) is 5.98. The number of aryl methyl sites for hydroxylation is 1. The van der Waals surface area contributed by atoms with Crippen molar-refractivity contribution >= 4 is 15.8 Å². The summed E-state index contributed by atoms with van der Waals surface area (Å²) in [6.45, 7) is 5.83. The summed E-state index contributed by atoms with van der Waals surface area (Å²) in [7, 11) is -4.14. The molecule has 2 aliphatic heterocycles. The monoisotopic (exact) mass is 557 g/mol. The second kappa shape index (κ2) is 11.2. The van der Waals surface area contributed by atoms with Crippen LogP contribution >= 0.6 is 0 Å². The van der Waals surface area contributed by atoms with Crippen molar-refractivity contribution in [3.05, 3.63) is 66.0 Å². The van der Waals surface area contributed by atoms with Crippen LogP contribution in [0.3, 0.4) is 0 Å². The van der Waals surface area contributed by atoms with E-state index in [9.17, 15) is 8.42 Å². The topological polar surface area (TPSA) is 81.6 Å². The van der Waals surface area contributed by atoms with Crippen molar-refractivity contribution in [1.82, 2.24) is 9.97 Å². The van der Waals surface area contributed by atoms with Crippen LogP contribution in [0, 0.1) is 23.0 Å². The molecule has 2 aliphatic rings. The fraction of sp³-hybridized carbons (Fsp3) is 0.448. The standard InChI is InChI=1S/C29H33F2N3O4S/c1-3-20-14-32-28(33-15-20)34-11-9-21(10-12-34)16-38-26-24(30)13-23(22-7-5-4-6-8-22)27(25(26)31)39(35,36)19-29(2)17-37-18-29/h4-8,13-15,21H,3,9-12,16-19H2,1-2H3. The highest BCUT2D eigenvalue weighted by atomic mass is 32.2. The van der Waals surface area contributed by atoms with Crippen LogP contribution in [0.25, 0.3) is 11.1 Å². The highest BCUT2D eigenvalue weighted by molar-refractivity contribution is 7.91. The van der Waals surface area contributed by atoms with E-state index < -0.39 is 37.5 Å². The number of anilines is 1. The summed E-state index contributed by atoms with van der Waals surface area (Å²) in [5.41, 5.74) is 0.852. The summed E-state index contributed by atoms with van der Waals surface area (Å²) in [5.74, 6) is -2.34. The lowest BCUT2D eigenvalue weighted by Crippen LogP contribution is -2.45. The number of hydrogen-bond donors (Lipinski definition) is 0. The van der Waals surface area contributed by atoms with Gasteiger partial charge >= 0.3 is 0 Å². The van der Waals surface area contributed by atoms with E-state index in [-0.39, 0.29) is 37.1 Å². The molecule has 3 aromatic rings. The highest BCUT2D eigenvalue weighted by Gasteiger charge is 2.41. The van der Waals surface area contributed by atoms with E-state index in [4.69, 9.17) is 9.47 Å². The minimum absolute atomic E-state index is 0.0100. The predicted octanol–water partition coefficient (Wildman–Crippen LogP) is 5.09. The minimum atomic E-state index is -4.14. The zero-order valence-electron chi connectivity index (χ0n) is 22.2. The summed E-state index contributed by atoms with van der Waals surface area (Å²) in [5, 5.41) is 0. The number of halogens is 2. The van der Waals surface area contributed by atoms with Crippen LogP contribution < -0.4 is 9.64 Å². The number of piperidine rings is 1. The van der Waals surface area contributed by atoms with E-state index in [0.29, 0.717) is 24.6 Å². The normalized spacial score (nSPS) is 17.6. The molecule has 10 heteroatoms. The molecule has 1 aromatic heterocycles. The number of benzene rings is 2. The summed E-state index contributed by atoms with van der Waals surface area (Å²) in [6, 6.07) is 9.49. The van der Waals surface area contributed by atoms with Gasteiger partial charge in [0, 0.05) is 36.5 Å². The summed E-state index contributed by atoms with van der Waals surface area (Å²) in [4.78, 5) is 10.4. The van der Waals surface area contributed by atoms with E-state index in [2.05, 4.69) is 14.9 Å². The molecule has 0 saturated carbocycles. The lowest BCUT2D eigenvalue weighted by molar-refractivity contribution is -0.0870. The van der Waals surface area contributed by atoms with Crippen molar-refractivity contribution in [3.63, 3.8) is 0 Å². The Hall–Kier alpha value is -3.11. The van der Waals surface area contributed by atoms with Crippen LogP contribution in [0.2, 0.25) is 0 Å². The first kappa shape index (κ1) is 27.5. The van der Waals surface area contributed by atoms with E-state index in [1.807, 2.05) is 19.3 Å². The lowest BCUT2D eigenvalue weighted by atomic mass is 9.92. The molecule has 39 heavy (non-hydrogen) atoms. The molecule has 0 radical (unpaired) electrons. The zero-order chi connectivity index (χ0) is 27.6. The van der Waals surface area contributed by atoms with Crippen LogP contribution in [0.5, 0.6) is 5.75 Å². The lowest BCUT2D eigenvalue weighted by Gasteiger charge is -2.37. The maximum atomic E-state index is 16.0. The molecule has 0 atom stereocenters. The van der Waals surface area contributed by atoms with E-state index in [1.165, 1.54) is 0 Å². The largest absolute Gasteiger partial charge is 0.487 e. The molecule has 3 heterocycles. The Morgan fingerprint density at radius 1 is 1.10 bits per heavy atom. The van der Waals surface area contributed by atoms with Gasteiger partial charge in [0.25, 0.3) is 0 Å². The van der Waals surface area contributed by atoms with Crippen molar-refractivity contribution in [2.24, 2.45) is 11.3 Å². The Morgan fingerprint density at radius 2 is 1.77 bits per heavy atom. The maximum absolute atomic E-state index is 16.0. The second-order valence-corrected chi connectivity index (χ2v) is 12.7. The third kappa shape index (κ3) is 5.91. The molecule has 0 amide bonds. The van der Waals surface area contributed by atoms with Crippen LogP contribution in [0.4, 0.5) is 14.7 Å². The first-order valence-electron chi connectivity index (χ1n) is 13.3. The van der Waals surface area contributed by atoms with E-state index in [1.54, 1.807) is 37.3 Å². The van der Waals surface area contributed by atoms with Gasteiger partial charge in [0.1, 0.15) is 4.90 Å². The third-order valence-corrected chi connectivity index (χ3v) is 9.53. The van der Waals surface area contributed by atoms with Gasteiger partial charge < -0.3 is 14.4 Å². The molecule has 2 saturated heterocycles. The molecule has 7 nitrogen and oxygen atoms in total. The first-order chi connectivity index (χ1) is 18.7. The van der Waals surface area contributed by atoms with Crippen molar-refractivity contribution in [2.45, 2.75) is 38.0 Å². The fourth-order valence-corrected chi connectivity index (χ4v) is 7.22. The van der Waals surface area contributed by atoms with Gasteiger partial charge in [-0.15, -0.1) is 0 Å². The van der Waals surface area contributed by atoms with Crippen molar-refractivity contribution < 1.29 is 26.7 Å². The predicted molar refractivity (Wildman–Crippen MR) is 145 cm³/mol. The number of rotatable bonds is 9. The first-order valence-corrected chi connectivity index (χ1v) is 14.9. The second-order valence-electron chi connectivity index (χ2n) is 10.8. The fourth-order valence-electron chi connectivity index (χ4n) is 5.11. The number of nitrogens with zero attached hydrogens (tertiary/aromatic N) is 3. The molecule has 0 spiro atoms. The number of hydrogen-bond acceptors (Lipinski definition) is 7. The molecule has 2 fully saturated rings. The molecule has 0 bridgehead atoms. The van der Waals surface area contributed by atoms with Gasteiger partial charge in [-0.25, -0.2) is 27.2 Å². The quantitative estimate of drug-likeness (QED) is 0.339. The minimum Gasteiger partial charge on any atom is -0.487 e. The number of aromatic nitrogens is 2. The van der Waals surface area contributed by atoms with Gasteiger partial charge in [-0.1, -0.05) is 44.2 Å². The molecular formula is C29H33F2N3O4S. The Labute approximate surface area is 228 Å². The summed E-state index contributed by atoms with van der Waals surface area (Å²) < 4.78 is 69.2. The van der Waals surface area contributed by atoms with Gasteiger partial charge in [0.05, 0.1) is 25.6 Å². The zero-order valence-corrected chi connectivity index (χ0v) is 23.0. The number of ether oxygens (including phenoxy) is 2. The third-order valence-electron chi connectivity index (χ3n) is 7.43. The number of sulfone groups is 1. The van der Waals surface area contributed by atoms with Gasteiger partial charge in [0.15, 0.2) is 27.2 Å². The average Bonchev–Trinajstić information content (AvgIpc) is 2.92. The maximum Gasteiger partial charge on any atom is 0.225 e. The van der Waals surface area contributed by atoms with Crippen LogP contribution in [-0.2, 0) is 21.0 Å². The van der Waals surface area contributed by atoms with E-state index in [0.717, 1.165) is 30.9 Å². The molecule has 2 aromatic carbocycles. The van der Waals surface area contributed by atoms with Crippen LogP contribution in [-0.4, -0.2) is 57.0 Å². The highest BCUT2D eigenvalue weighted by Crippen LogP contribution is 2.40. The molecule has 0 aliphatic carbocycles. The molecule has 0 N–H and O–H groups in total. The smallest absolute Gasteiger partial charge is 0.225 e. The van der Waals surface area contributed by atoms with Gasteiger partial charge in [-0.05, 0) is 42.4 Å². The average molecular weight is 558 g/mol. The van der Waals surface area contributed by atoms with E-state index >= 15 is 8.78 Å². The van der Waals surface area contributed by atoms with Crippen molar-refractivity contribution in [2.75, 3.05) is 43.6 Å². The van der Waals surface area contributed by atoms with Crippen molar-refractivity contribution in [3.8, 4) is 16.9 Å². The Bertz CT molecular complexity index is 1410. The van der Waals surface area contributed by atoms with Crippen LogP contribution in [0.1, 0.15) is 32.3 Å². The molecule has 208 valence electrons. The Kier molecular flexibility index (Phi) is 7.87. The van der Waals surface area contributed by atoms with Crippen molar-refractivity contribution in [1.29, 1.82) is 0 Å².